The molecule has 0 radical (unpaired) electrons. The number of fused-ring (bicyclic) bond motifs is 1. The molecule has 0 saturated carbocycles. The number of aromatic nitrogens is 1. The first-order chi connectivity index (χ1) is 9.25. The van der Waals surface area contributed by atoms with E-state index in [-0.39, 0.29) is 10.7 Å². The molecular weight excluding hydrogens is 306 g/mol. The molecule has 0 fully saturated rings. The SMILES string of the molecule is CC(c1ccccn1)C(Br)c1ccc2c(c1)OCO2. The summed E-state index contributed by atoms with van der Waals surface area (Å²) in [4.78, 5) is 4.60. The number of halogens is 1. The van der Waals surface area contributed by atoms with Gasteiger partial charge in [-0.25, -0.2) is 0 Å². The fraction of sp³-hybridized carbons (Fsp3) is 0.267. The molecule has 3 nitrogen and oxygen atoms in total. The van der Waals surface area contributed by atoms with E-state index in [2.05, 4.69) is 33.9 Å². The van der Waals surface area contributed by atoms with Gasteiger partial charge in [0.15, 0.2) is 11.5 Å². The van der Waals surface area contributed by atoms with Crippen LogP contribution in [0.2, 0.25) is 0 Å². The molecule has 1 aromatic heterocycles. The van der Waals surface area contributed by atoms with Crippen molar-refractivity contribution in [3.63, 3.8) is 0 Å². The highest BCUT2D eigenvalue weighted by Gasteiger charge is 2.22. The Hall–Kier alpha value is -1.55. The van der Waals surface area contributed by atoms with Gasteiger partial charge in [0.1, 0.15) is 0 Å². The van der Waals surface area contributed by atoms with Crippen molar-refractivity contribution in [1.82, 2.24) is 4.98 Å². The lowest BCUT2D eigenvalue weighted by atomic mass is 9.97. The maximum Gasteiger partial charge on any atom is 0.231 e. The monoisotopic (exact) mass is 319 g/mol. The summed E-state index contributed by atoms with van der Waals surface area (Å²) < 4.78 is 10.7. The van der Waals surface area contributed by atoms with Gasteiger partial charge in [0.2, 0.25) is 6.79 Å². The molecule has 3 rings (SSSR count). The van der Waals surface area contributed by atoms with Crippen LogP contribution in [0, 0.1) is 0 Å². The van der Waals surface area contributed by atoms with Crippen LogP contribution in [0.4, 0.5) is 0 Å². The second-order valence-electron chi connectivity index (χ2n) is 4.56. The van der Waals surface area contributed by atoms with E-state index in [0.717, 1.165) is 17.2 Å². The second-order valence-corrected chi connectivity index (χ2v) is 5.54. The van der Waals surface area contributed by atoms with Crippen molar-refractivity contribution in [2.24, 2.45) is 0 Å². The molecular formula is C15H14BrNO2. The molecule has 1 aliphatic heterocycles. The van der Waals surface area contributed by atoms with Crippen LogP contribution < -0.4 is 9.47 Å². The third kappa shape index (κ3) is 2.45. The zero-order valence-electron chi connectivity index (χ0n) is 10.5. The van der Waals surface area contributed by atoms with Crippen molar-refractivity contribution < 1.29 is 9.47 Å². The predicted octanol–water partition coefficient (Wildman–Crippen LogP) is 4.05. The number of hydrogen-bond acceptors (Lipinski definition) is 3. The zero-order chi connectivity index (χ0) is 13.2. The summed E-state index contributed by atoms with van der Waals surface area (Å²) in [5.74, 6) is 1.91. The third-order valence-electron chi connectivity index (χ3n) is 3.31. The molecule has 2 aromatic rings. The minimum absolute atomic E-state index is 0.192. The molecule has 0 N–H and O–H groups in total. The van der Waals surface area contributed by atoms with E-state index >= 15 is 0 Å². The quantitative estimate of drug-likeness (QED) is 0.800. The van der Waals surface area contributed by atoms with Crippen LogP contribution >= 0.6 is 15.9 Å². The largest absolute Gasteiger partial charge is 0.454 e. The van der Waals surface area contributed by atoms with Crippen molar-refractivity contribution >= 4 is 15.9 Å². The summed E-state index contributed by atoms with van der Waals surface area (Å²) in [6, 6.07) is 12.0. The molecule has 98 valence electrons. The van der Waals surface area contributed by atoms with Gasteiger partial charge < -0.3 is 9.47 Å². The number of nitrogens with zero attached hydrogens (tertiary/aromatic N) is 1. The third-order valence-corrected chi connectivity index (χ3v) is 4.63. The lowest BCUT2D eigenvalue weighted by Gasteiger charge is -2.18. The van der Waals surface area contributed by atoms with Crippen molar-refractivity contribution in [2.45, 2.75) is 17.7 Å². The molecule has 2 unspecified atom stereocenters. The number of ether oxygens (including phenoxy) is 2. The standard InChI is InChI=1S/C15H14BrNO2/c1-10(12-4-2-3-7-17-12)15(16)11-5-6-13-14(8-11)19-9-18-13/h2-8,10,15H,9H2,1H3. The van der Waals surface area contributed by atoms with E-state index in [1.807, 2.05) is 36.5 Å². The van der Waals surface area contributed by atoms with Gasteiger partial charge in [-0.15, -0.1) is 0 Å². The van der Waals surface area contributed by atoms with E-state index in [0.29, 0.717) is 6.79 Å². The molecule has 0 amide bonds. The van der Waals surface area contributed by atoms with Crippen molar-refractivity contribution in [3.8, 4) is 11.5 Å². The van der Waals surface area contributed by atoms with Crippen LogP contribution in [-0.2, 0) is 0 Å². The Morgan fingerprint density at radius 1 is 1.16 bits per heavy atom. The summed E-state index contributed by atoms with van der Waals surface area (Å²) >= 11 is 3.76. The summed E-state index contributed by atoms with van der Waals surface area (Å²) in [5.41, 5.74) is 2.24. The van der Waals surface area contributed by atoms with Gasteiger partial charge in [-0.2, -0.15) is 0 Å². The number of hydrogen-bond donors (Lipinski definition) is 0. The Morgan fingerprint density at radius 2 is 2.00 bits per heavy atom. The van der Waals surface area contributed by atoms with E-state index in [1.165, 1.54) is 5.56 Å². The average molecular weight is 320 g/mol. The van der Waals surface area contributed by atoms with Crippen LogP contribution in [-0.4, -0.2) is 11.8 Å². The molecule has 0 saturated heterocycles. The number of rotatable bonds is 3. The Balaban J connectivity index is 1.86. The van der Waals surface area contributed by atoms with Crippen molar-refractivity contribution in [2.75, 3.05) is 6.79 Å². The second kappa shape index (κ2) is 5.21. The van der Waals surface area contributed by atoms with Gasteiger partial charge >= 0.3 is 0 Å². The zero-order valence-corrected chi connectivity index (χ0v) is 12.1. The highest BCUT2D eigenvalue weighted by atomic mass is 79.9. The molecule has 0 bridgehead atoms. The maximum absolute atomic E-state index is 5.42. The van der Waals surface area contributed by atoms with Crippen LogP contribution in [0.5, 0.6) is 11.5 Å². The Bertz CT molecular complexity index is 574. The molecule has 0 aliphatic carbocycles. The molecule has 2 atom stereocenters. The van der Waals surface area contributed by atoms with Gasteiger partial charge in [-0.1, -0.05) is 35.0 Å². The van der Waals surface area contributed by atoms with Gasteiger partial charge in [0, 0.05) is 22.6 Å². The number of benzene rings is 1. The van der Waals surface area contributed by atoms with Crippen molar-refractivity contribution in [1.29, 1.82) is 0 Å². The van der Waals surface area contributed by atoms with E-state index < -0.39 is 0 Å². The Labute approximate surface area is 120 Å². The lowest BCUT2D eigenvalue weighted by Crippen LogP contribution is -2.04. The number of pyridine rings is 1. The first-order valence-electron chi connectivity index (χ1n) is 6.20. The van der Waals surface area contributed by atoms with Crippen LogP contribution in [0.25, 0.3) is 0 Å². The highest BCUT2D eigenvalue weighted by Crippen LogP contribution is 2.41. The van der Waals surface area contributed by atoms with Crippen molar-refractivity contribution in [3.05, 3.63) is 53.9 Å². The normalized spacial score (nSPS) is 16.1. The molecule has 2 heterocycles. The van der Waals surface area contributed by atoms with Crippen LogP contribution in [0.15, 0.2) is 42.6 Å². The Morgan fingerprint density at radius 3 is 2.79 bits per heavy atom. The van der Waals surface area contributed by atoms with E-state index in [9.17, 15) is 0 Å². The predicted molar refractivity (Wildman–Crippen MR) is 76.9 cm³/mol. The van der Waals surface area contributed by atoms with Gasteiger partial charge in [-0.3, -0.25) is 4.98 Å². The van der Waals surface area contributed by atoms with Crippen LogP contribution in [0.1, 0.15) is 28.9 Å². The smallest absolute Gasteiger partial charge is 0.231 e. The lowest BCUT2D eigenvalue weighted by molar-refractivity contribution is 0.174. The Kier molecular flexibility index (Phi) is 3.42. The highest BCUT2D eigenvalue weighted by molar-refractivity contribution is 9.09. The van der Waals surface area contributed by atoms with E-state index in [1.54, 1.807) is 0 Å². The molecule has 1 aliphatic rings. The first-order valence-corrected chi connectivity index (χ1v) is 7.12. The summed E-state index contributed by atoms with van der Waals surface area (Å²) in [6.45, 7) is 2.47. The van der Waals surface area contributed by atoms with Gasteiger partial charge in [0.05, 0.1) is 0 Å². The minimum Gasteiger partial charge on any atom is -0.454 e. The van der Waals surface area contributed by atoms with Crippen LogP contribution in [0.3, 0.4) is 0 Å². The topological polar surface area (TPSA) is 31.4 Å². The fourth-order valence-electron chi connectivity index (χ4n) is 2.17. The van der Waals surface area contributed by atoms with Gasteiger partial charge in [-0.05, 0) is 29.8 Å². The number of alkyl halides is 1. The average Bonchev–Trinajstić information content (AvgIpc) is 2.94. The molecule has 1 aromatic carbocycles. The summed E-state index contributed by atoms with van der Waals surface area (Å²) in [7, 11) is 0. The minimum atomic E-state index is 0.192. The maximum atomic E-state index is 5.42. The summed E-state index contributed by atoms with van der Waals surface area (Å²) in [5, 5.41) is 0. The van der Waals surface area contributed by atoms with Gasteiger partial charge in [0.25, 0.3) is 0 Å². The molecule has 19 heavy (non-hydrogen) atoms. The molecule has 0 spiro atoms. The summed E-state index contributed by atoms with van der Waals surface area (Å²) in [6.07, 6.45) is 1.82. The molecule has 4 heteroatoms. The van der Waals surface area contributed by atoms with E-state index in [4.69, 9.17) is 9.47 Å². The fourth-order valence-corrected chi connectivity index (χ4v) is 2.72. The first kappa shape index (κ1) is 12.5.